The van der Waals surface area contributed by atoms with E-state index in [2.05, 4.69) is 56.5 Å². The van der Waals surface area contributed by atoms with Crippen LogP contribution in [0.15, 0.2) is 33.0 Å². The third kappa shape index (κ3) is 16.3. The molecular weight excluding hydrogens is 1180 g/mol. The molecule has 6 bridgehead atoms. The van der Waals surface area contributed by atoms with Gasteiger partial charge in [0.25, 0.3) is 0 Å². The highest BCUT2D eigenvalue weighted by atomic mass is 32.5. The number of phosphoric acid groups is 1. The maximum Gasteiger partial charge on any atom is 0.473 e. The van der Waals surface area contributed by atoms with E-state index in [1.54, 1.807) is 74.0 Å². The first-order valence-electron chi connectivity index (χ1n) is 28.9. The fraction of sp³-hybridized carbons (Fsp3) is 0.789. The van der Waals surface area contributed by atoms with Crippen LogP contribution >= 0.6 is 14.5 Å². The van der Waals surface area contributed by atoms with Crippen molar-refractivity contribution in [1.82, 2.24) is 28.7 Å². The smallest absolute Gasteiger partial charge is 0.383 e. The van der Waals surface area contributed by atoms with Crippen LogP contribution in [0.3, 0.4) is 0 Å². The third-order valence-electron chi connectivity index (χ3n) is 14.5. The van der Waals surface area contributed by atoms with Gasteiger partial charge in [-0.15, -0.1) is 0 Å². The van der Waals surface area contributed by atoms with E-state index in [1.807, 2.05) is 48.5 Å². The van der Waals surface area contributed by atoms with Crippen LogP contribution < -0.4 is 34.3 Å². The van der Waals surface area contributed by atoms with Crippen molar-refractivity contribution < 1.29 is 65.6 Å². The molecule has 0 aliphatic carbocycles. The van der Waals surface area contributed by atoms with Crippen molar-refractivity contribution in [3.05, 3.63) is 66.7 Å². The number of fused-ring (bicyclic) bond motifs is 6. The molecular formula is C57H95N9O17P2S. The number of nitrogens with zero attached hydrogens (tertiary/aromatic N) is 6. The van der Waals surface area contributed by atoms with Crippen molar-refractivity contribution in [2.24, 2.45) is 16.2 Å². The van der Waals surface area contributed by atoms with Crippen LogP contribution in [0.5, 0.6) is 0 Å². The Morgan fingerprint density at radius 3 is 1.10 bits per heavy atom. The van der Waals surface area contributed by atoms with Gasteiger partial charge >= 0.3 is 31.6 Å². The van der Waals surface area contributed by atoms with Gasteiger partial charge in [0, 0.05) is 35.3 Å². The lowest BCUT2D eigenvalue weighted by Crippen LogP contribution is -2.47. The summed E-state index contributed by atoms with van der Waals surface area (Å²) >= 11 is 5.29. The summed E-state index contributed by atoms with van der Waals surface area (Å²) in [6.45, 7) is 37.8. The monoisotopic (exact) mass is 1270 g/mol. The topological polar surface area (TPSA) is 342 Å². The van der Waals surface area contributed by atoms with Crippen LogP contribution in [-0.2, 0) is 67.6 Å². The number of rotatable bonds is 13. The largest absolute Gasteiger partial charge is 0.473 e. The molecule has 8 N–H and O–H groups in total. The second-order valence-corrected chi connectivity index (χ2v) is 34.3. The molecule has 486 valence electrons. The number of aryl methyl sites for hydroxylation is 3. The fourth-order valence-electron chi connectivity index (χ4n) is 12.1. The minimum Gasteiger partial charge on any atom is -0.383 e. The van der Waals surface area contributed by atoms with Gasteiger partial charge in [-0.25, -0.2) is 18.9 Å². The molecule has 9 heterocycles. The van der Waals surface area contributed by atoms with Crippen molar-refractivity contribution in [1.29, 1.82) is 0 Å². The quantitative estimate of drug-likeness (QED) is 0.103. The Morgan fingerprint density at radius 2 is 0.814 bits per heavy atom. The van der Waals surface area contributed by atoms with E-state index >= 15 is 0 Å². The van der Waals surface area contributed by atoms with E-state index in [9.17, 15) is 28.7 Å². The highest BCUT2D eigenvalue weighted by Crippen LogP contribution is 2.60. The summed E-state index contributed by atoms with van der Waals surface area (Å²) in [7, 11) is -4.44. The van der Waals surface area contributed by atoms with Gasteiger partial charge in [0.05, 0.1) is 36.6 Å². The first-order chi connectivity index (χ1) is 38.9. The molecule has 3 aromatic heterocycles. The van der Waals surface area contributed by atoms with Gasteiger partial charge < -0.3 is 64.7 Å². The zero-order chi connectivity index (χ0) is 64.9. The highest BCUT2D eigenvalue weighted by Gasteiger charge is 2.68. The predicted molar refractivity (Wildman–Crippen MR) is 325 cm³/mol. The second-order valence-electron chi connectivity index (χ2n) is 30.3. The van der Waals surface area contributed by atoms with E-state index in [1.165, 1.54) is 13.7 Å². The fourth-order valence-corrected chi connectivity index (χ4v) is 15.7. The molecule has 14 atom stereocenters. The minimum absolute atomic E-state index is 0.0207. The van der Waals surface area contributed by atoms with Crippen LogP contribution in [0.1, 0.15) is 179 Å². The summed E-state index contributed by atoms with van der Waals surface area (Å²) in [5.74, 6) is 0.542. The lowest BCUT2D eigenvalue weighted by Gasteiger charge is -2.38. The second kappa shape index (κ2) is 23.9. The zero-order valence-corrected chi connectivity index (χ0v) is 56.5. The molecule has 0 aromatic carbocycles. The third-order valence-corrected chi connectivity index (χ3v) is 17.5. The van der Waals surface area contributed by atoms with Crippen molar-refractivity contribution in [2.75, 3.05) is 37.0 Å². The Balaban J connectivity index is 0.000000185. The summed E-state index contributed by atoms with van der Waals surface area (Å²) in [5.41, 5.74) is 12.9. The van der Waals surface area contributed by atoms with Crippen molar-refractivity contribution in [2.45, 2.75) is 254 Å². The Kier molecular flexibility index (Phi) is 19.4. The highest BCUT2D eigenvalue weighted by molar-refractivity contribution is 8.07. The van der Waals surface area contributed by atoms with Crippen LogP contribution in [0.4, 0.5) is 17.5 Å². The van der Waals surface area contributed by atoms with E-state index < -0.39 is 103 Å². The average molecular weight is 1270 g/mol. The number of aromatic nitrogens is 6. The summed E-state index contributed by atoms with van der Waals surface area (Å²) in [4.78, 5) is 70.2. The Morgan fingerprint density at radius 1 is 0.523 bits per heavy atom. The Bertz CT molecular complexity index is 3120. The van der Waals surface area contributed by atoms with E-state index in [-0.39, 0.29) is 64.7 Å². The average Bonchev–Trinajstić information content (AvgIpc) is 1.65. The summed E-state index contributed by atoms with van der Waals surface area (Å²) in [6.07, 6.45) is 0.738. The molecule has 6 aliphatic rings. The number of nitrogen functional groups attached to an aromatic ring is 3. The lowest BCUT2D eigenvalue weighted by atomic mass is 9.80. The maximum atomic E-state index is 12.7. The van der Waals surface area contributed by atoms with E-state index in [4.69, 9.17) is 80.3 Å². The van der Waals surface area contributed by atoms with Gasteiger partial charge in [-0.1, -0.05) is 62.3 Å². The van der Waals surface area contributed by atoms with Gasteiger partial charge in [-0.2, -0.15) is 15.0 Å². The number of hydrogen-bond donors (Lipinski definition) is 5. The van der Waals surface area contributed by atoms with Gasteiger partial charge in [-0.05, 0) is 130 Å². The number of phosphoric ester groups is 1. The lowest BCUT2D eigenvalue weighted by molar-refractivity contribution is -0.189. The molecule has 26 nitrogen and oxygen atoms in total. The molecule has 5 unspecified atom stereocenters. The van der Waals surface area contributed by atoms with Crippen LogP contribution in [0.25, 0.3) is 0 Å². The molecule has 0 amide bonds. The molecule has 0 spiro atoms. The molecule has 6 aliphatic heterocycles. The van der Waals surface area contributed by atoms with Crippen molar-refractivity contribution in [3.63, 3.8) is 0 Å². The molecule has 0 saturated carbocycles. The molecule has 29 heteroatoms. The van der Waals surface area contributed by atoms with Crippen LogP contribution in [-0.4, -0.2) is 128 Å². The van der Waals surface area contributed by atoms with E-state index in [0.717, 1.165) is 12.0 Å². The summed E-state index contributed by atoms with van der Waals surface area (Å²) < 4.78 is 83.0. The molecule has 3 aromatic rings. The minimum atomic E-state index is -4.44. The summed E-state index contributed by atoms with van der Waals surface area (Å²) in [6, 6.07) is 0. The molecule has 0 radical (unpaired) electrons. The van der Waals surface area contributed by atoms with Crippen molar-refractivity contribution >= 4 is 43.8 Å². The number of ether oxygens (including phenoxy) is 7. The number of anilines is 3. The maximum absolute atomic E-state index is 12.7. The summed E-state index contributed by atoms with van der Waals surface area (Å²) in [5, 5.41) is 0. The first-order valence-corrected chi connectivity index (χ1v) is 33.0. The standard InChI is InChI=1S/C19H32N3O7P.C19H32N3O6PS.C19H31N3O4/c1-11-8-22(16(23)21-14(11)20)15-12-13(28-30(24,25)29-18(5,6)7)19(27-15,10-26-12)9-17(2,3)4;1-11-8-22(16(23)21-14(11)20)15-12-13(27-29(24,30)28-18(5,6)7)19(26-15,10-25-12)9-17(2,3)4;1-11-8-22(16(23)21-14(11)20)15-12-13(25-18(5,6)7)19(26-15,10-24-12)9-17(2,3)4/h8,12-13,15H,9-10H2,1-7H3,(H,24,25)(H2,20,21,23);8,12-13,15H,9-10H2,1-7H3,(H,24,30)(H2,20,21,23);8,12-13,15H,9-10H2,1-7H3,(H2,20,21,23)/t12?,13-,15-,19+;12?,13-,15-,19+,29?;12?,13-,15-,19+/m111/s1. The molecule has 6 fully saturated rings. The molecule has 9 rings (SSSR count). The Hall–Kier alpha value is -3.60. The SMILES string of the molecule is Cc1cn([C@@H]2O[C@@]3(CC(C)(C)C)COC2[C@H]3OC(C)(C)C)c(=O)nc1N.Cc1cn([C@@H]2O[C@@]3(CC(C)(C)C)COC2[C@H]3OP(=O)(O)OC(C)(C)C)c(=O)nc1N.Cc1cn([C@@H]2O[C@@]3(CC(C)(C)C)COC2[C@H]3OP(O)(=S)OC(C)(C)C)c(=O)nc1N. The zero-order valence-electron chi connectivity index (χ0n) is 53.9. The Labute approximate surface area is 509 Å². The van der Waals surface area contributed by atoms with Crippen molar-refractivity contribution in [3.8, 4) is 0 Å². The van der Waals surface area contributed by atoms with Gasteiger partial charge in [-0.3, -0.25) is 27.3 Å². The number of hydrogen-bond acceptors (Lipinski definition) is 22. The molecule has 6 saturated heterocycles. The van der Waals surface area contributed by atoms with Crippen LogP contribution in [0, 0.1) is 37.0 Å². The first kappa shape index (κ1) is 69.9. The number of nitrogens with two attached hydrogens (primary N) is 3. The van der Waals surface area contributed by atoms with Gasteiger partial charge in [0.2, 0.25) is 0 Å². The van der Waals surface area contributed by atoms with Gasteiger partial charge in [0.1, 0.15) is 70.9 Å². The predicted octanol–water partition coefficient (Wildman–Crippen LogP) is 7.61. The normalized spacial score (nSPS) is 31.3. The van der Waals surface area contributed by atoms with Crippen LogP contribution in [0.2, 0.25) is 0 Å². The van der Waals surface area contributed by atoms with Gasteiger partial charge in [0.15, 0.2) is 18.7 Å². The van der Waals surface area contributed by atoms with E-state index in [0.29, 0.717) is 30.6 Å². The molecule has 86 heavy (non-hydrogen) atoms.